The van der Waals surface area contributed by atoms with Crippen LogP contribution in [0.1, 0.15) is 43.4 Å². The van der Waals surface area contributed by atoms with Crippen molar-refractivity contribution in [2.45, 2.75) is 62.9 Å². The molecule has 4 heterocycles. The van der Waals surface area contributed by atoms with E-state index in [1.54, 1.807) is 0 Å². The van der Waals surface area contributed by atoms with E-state index in [0.29, 0.717) is 13.2 Å². The van der Waals surface area contributed by atoms with Gasteiger partial charge in [-0.25, -0.2) is 0 Å². The van der Waals surface area contributed by atoms with Crippen LogP contribution in [-0.4, -0.2) is 54.9 Å². The van der Waals surface area contributed by atoms with Crippen LogP contribution in [0.2, 0.25) is 0 Å². The minimum absolute atomic E-state index is 0.0237. The highest BCUT2D eigenvalue weighted by atomic mass is 32.1. The van der Waals surface area contributed by atoms with Crippen molar-refractivity contribution < 1.29 is 14.3 Å². The predicted molar refractivity (Wildman–Crippen MR) is 115 cm³/mol. The average Bonchev–Trinajstić information content (AvgIpc) is 3.48. The van der Waals surface area contributed by atoms with Gasteiger partial charge in [0, 0.05) is 42.4 Å². The first-order valence-corrected chi connectivity index (χ1v) is 11.8. The lowest BCUT2D eigenvalue weighted by Crippen LogP contribution is -2.45. The van der Waals surface area contributed by atoms with Crippen LogP contribution in [0.3, 0.4) is 0 Å². The maximum absolute atomic E-state index is 12.2. The summed E-state index contributed by atoms with van der Waals surface area (Å²) < 4.78 is 13.3. The first-order chi connectivity index (χ1) is 14.2. The minimum atomic E-state index is -0.248. The van der Waals surface area contributed by atoms with Crippen molar-refractivity contribution in [3.63, 3.8) is 0 Å². The van der Waals surface area contributed by atoms with Crippen molar-refractivity contribution in [3.8, 4) is 0 Å². The Bertz CT molecular complexity index is 820. The Kier molecular flexibility index (Phi) is 5.61. The van der Waals surface area contributed by atoms with Gasteiger partial charge < -0.3 is 14.8 Å². The SMILES string of the molecule is O=C(NC[C@H]1CCC2(CCN(Cc3cc4ccccc4s3)CC2)O1)[C@H]1CCCO1. The minimum Gasteiger partial charge on any atom is -0.370 e. The quantitative estimate of drug-likeness (QED) is 0.810. The van der Waals surface area contributed by atoms with Crippen molar-refractivity contribution in [2.75, 3.05) is 26.2 Å². The number of carbonyl (C=O) groups excluding carboxylic acids is 1. The molecule has 2 atom stereocenters. The van der Waals surface area contributed by atoms with E-state index >= 15 is 0 Å². The number of likely N-dealkylation sites (tertiary alicyclic amines) is 1. The molecule has 5 nitrogen and oxygen atoms in total. The number of thiophene rings is 1. The van der Waals surface area contributed by atoms with E-state index in [1.807, 2.05) is 11.3 Å². The van der Waals surface area contributed by atoms with Crippen molar-refractivity contribution in [2.24, 2.45) is 0 Å². The third kappa shape index (κ3) is 4.36. The van der Waals surface area contributed by atoms with Gasteiger partial charge in [0.2, 0.25) is 5.91 Å². The molecule has 0 aliphatic carbocycles. The van der Waals surface area contributed by atoms with Gasteiger partial charge in [-0.05, 0) is 56.0 Å². The van der Waals surface area contributed by atoms with Gasteiger partial charge in [-0.15, -0.1) is 11.3 Å². The van der Waals surface area contributed by atoms with Crippen molar-refractivity contribution in [1.82, 2.24) is 10.2 Å². The van der Waals surface area contributed by atoms with Crippen LogP contribution in [0, 0.1) is 0 Å². The standard InChI is InChI=1S/C23H30N2O3S/c26-22(20-5-3-13-27-20)24-15-18-7-8-23(28-18)9-11-25(12-10-23)16-19-14-17-4-1-2-6-21(17)29-19/h1-2,4,6,14,18,20H,3,5,7-13,15-16H2,(H,24,26)/t18-,20-/m1/s1. The molecule has 1 aromatic carbocycles. The number of carbonyl (C=O) groups is 1. The molecular formula is C23H30N2O3S. The molecule has 1 aromatic heterocycles. The Morgan fingerprint density at radius 1 is 1.21 bits per heavy atom. The van der Waals surface area contributed by atoms with Gasteiger partial charge in [0.05, 0.1) is 11.7 Å². The Morgan fingerprint density at radius 3 is 2.86 bits per heavy atom. The predicted octanol–water partition coefficient (Wildman–Crippen LogP) is 3.71. The summed E-state index contributed by atoms with van der Waals surface area (Å²) in [4.78, 5) is 16.2. The van der Waals surface area contributed by atoms with Crippen LogP contribution in [-0.2, 0) is 20.8 Å². The molecule has 0 radical (unpaired) electrons. The highest BCUT2D eigenvalue weighted by Gasteiger charge is 2.42. The molecule has 6 heteroatoms. The monoisotopic (exact) mass is 414 g/mol. The molecule has 5 rings (SSSR count). The topological polar surface area (TPSA) is 50.8 Å². The maximum atomic E-state index is 12.2. The van der Waals surface area contributed by atoms with Crippen LogP contribution in [0.5, 0.6) is 0 Å². The number of rotatable bonds is 5. The summed E-state index contributed by atoms with van der Waals surface area (Å²) in [5.41, 5.74) is 0.0237. The normalized spacial score (nSPS) is 27.0. The molecule has 0 saturated carbocycles. The van der Waals surface area contributed by atoms with E-state index in [0.717, 1.165) is 58.2 Å². The van der Waals surface area contributed by atoms with Crippen LogP contribution in [0.15, 0.2) is 30.3 Å². The van der Waals surface area contributed by atoms with Crippen molar-refractivity contribution >= 4 is 27.3 Å². The van der Waals surface area contributed by atoms with Crippen LogP contribution in [0.25, 0.3) is 10.1 Å². The van der Waals surface area contributed by atoms with Crippen molar-refractivity contribution in [3.05, 3.63) is 35.2 Å². The third-order valence-corrected chi connectivity index (χ3v) is 7.79. The van der Waals surface area contributed by atoms with Gasteiger partial charge in [0.1, 0.15) is 6.10 Å². The number of fused-ring (bicyclic) bond motifs is 1. The fourth-order valence-corrected chi connectivity index (χ4v) is 6.08. The Hall–Kier alpha value is -1.47. The van der Waals surface area contributed by atoms with Crippen LogP contribution >= 0.6 is 11.3 Å². The van der Waals surface area contributed by atoms with Gasteiger partial charge in [0.25, 0.3) is 0 Å². The highest BCUT2D eigenvalue weighted by Crippen LogP contribution is 2.39. The summed E-state index contributed by atoms with van der Waals surface area (Å²) in [5, 5.41) is 4.40. The molecule has 156 valence electrons. The number of nitrogens with one attached hydrogen (secondary N) is 1. The average molecular weight is 415 g/mol. The molecule has 1 amide bonds. The molecule has 29 heavy (non-hydrogen) atoms. The fourth-order valence-electron chi connectivity index (χ4n) is 4.97. The molecule has 3 saturated heterocycles. The summed E-state index contributed by atoms with van der Waals surface area (Å²) in [6.45, 7) is 4.54. The molecule has 3 aliphatic rings. The number of piperidine rings is 1. The molecule has 0 unspecified atom stereocenters. The van der Waals surface area contributed by atoms with E-state index in [1.165, 1.54) is 15.0 Å². The fraction of sp³-hybridized carbons (Fsp3) is 0.609. The van der Waals surface area contributed by atoms with E-state index in [2.05, 4.69) is 40.5 Å². The van der Waals surface area contributed by atoms with Crippen LogP contribution in [0.4, 0.5) is 0 Å². The molecule has 1 N–H and O–H groups in total. The number of hydrogen-bond acceptors (Lipinski definition) is 5. The molecule has 3 aliphatic heterocycles. The molecule has 3 fully saturated rings. The van der Waals surface area contributed by atoms with E-state index in [-0.39, 0.29) is 23.7 Å². The van der Waals surface area contributed by atoms with E-state index in [4.69, 9.17) is 9.47 Å². The van der Waals surface area contributed by atoms with Gasteiger partial charge in [0.15, 0.2) is 0 Å². The summed E-state index contributed by atoms with van der Waals surface area (Å²) in [5.74, 6) is 0.0326. The summed E-state index contributed by atoms with van der Waals surface area (Å²) in [7, 11) is 0. The van der Waals surface area contributed by atoms with Crippen LogP contribution < -0.4 is 5.32 Å². The summed E-state index contributed by atoms with van der Waals surface area (Å²) in [6, 6.07) is 11.0. The second kappa shape index (κ2) is 8.34. The smallest absolute Gasteiger partial charge is 0.249 e. The number of hydrogen-bond donors (Lipinski definition) is 1. The van der Waals surface area contributed by atoms with Gasteiger partial charge in [-0.2, -0.15) is 0 Å². The number of benzene rings is 1. The third-order valence-electron chi connectivity index (χ3n) is 6.69. The molecule has 0 bridgehead atoms. The lowest BCUT2D eigenvalue weighted by atomic mass is 9.88. The summed E-state index contributed by atoms with van der Waals surface area (Å²) in [6.07, 6.45) is 6.07. The van der Waals surface area contributed by atoms with E-state index in [9.17, 15) is 4.79 Å². The van der Waals surface area contributed by atoms with Gasteiger partial charge >= 0.3 is 0 Å². The first kappa shape index (κ1) is 19.5. The summed E-state index contributed by atoms with van der Waals surface area (Å²) >= 11 is 1.91. The number of ether oxygens (including phenoxy) is 2. The van der Waals surface area contributed by atoms with Gasteiger partial charge in [-0.1, -0.05) is 18.2 Å². The first-order valence-electron chi connectivity index (χ1n) is 11.0. The zero-order valence-electron chi connectivity index (χ0n) is 16.9. The second-order valence-electron chi connectivity index (χ2n) is 8.74. The zero-order valence-corrected chi connectivity index (χ0v) is 17.7. The Morgan fingerprint density at radius 2 is 2.07 bits per heavy atom. The molecular weight excluding hydrogens is 384 g/mol. The number of nitrogens with zero attached hydrogens (tertiary/aromatic N) is 1. The lowest BCUT2D eigenvalue weighted by Gasteiger charge is -2.39. The highest BCUT2D eigenvalue weighted by molar-refractivity contribution is 7.19. The largest absolute Gasteiger partial charge is 0.370 e. The van der Waals surface area contributed by atoms with E-state index < -0.39 is 0 Å². The zero-order chi connectivity index (χ0) is 19.7. The lowest BCUT2D eigenvalue weighted by molar-refractivity contribution is -0.131. The van der Waals surface area contributed by atoms with Gasteiger partial charge in [-0.3, -0.25) is 9.69 Å². The molecule has 1 spiro atoms. The Balaban J connectivity index is 1.09. The molecule has 2 aromatic rings. The number of amides is 1. The Labute approximate surface area is 176 Å². The maximum Gasteiger partial charge on any atom is 0.249 e. The second-order valence-corrected chi connectivity index (χ2v) is 9.90. The van der Waals surface area contributed by atoms with Crippen molar-refractivity contribution in [1.29, 1.82) is 0 Å².